The molecule has 5 nitrogen and oxygen atoms in total. The summed E-state index contributed by atoms with van der Waals surface area (Å²) in [7, 11) is -3.44. The minimum absolute atomic E-state index is 0.448. The van der Waals surface area contributed by atoms with E-state index in [0.29, 0.717) is 11.4 Å². The van der Waals surface area contributed by atoms with Gasteiger partial charge in [-0.2, -0.15) is 4.31 Å². The maximum atomic E-state index is 13.0. The van der Waals surface area contributed by atoms with E-state index < -0.39 is 15.6 Å². The summed E-state index contributed by atoms with van der Waals surface area (Å²) in [6, 6.07) is 15.3. The summed E-state index contributed by atoms with van der Waals surface area (Å²) in [5.74, 6) is 0. The van der Waals surface area contributed by atoms with E-state index in [4.69, 9.17) is 11.6 Å². The zero-order chi connectivity index (χ0) is 19.9. The molecule has 7 heteroatoms. The zero-order valence-electron chi connectivity index (χ0n) is 16.3. The molecule has 2 aliphatic rings. The van der Waals surface area contributed by atoms with Crippen molar-refractivity contribution < 1.29 is 8.42 Å². The summed E-state index contributed by atoms with van der Waals surface area (Å²) >= 11 is 6.32. The average molecular weight is 420 g/mol. The number of hydrogen-bond donors (Lipinski definition) is 0. The third-order valence-corrected chi connectivity index (χ3v) is 8.37. The third kappa shape index (κ3) is 3.32. The van der Waals surface area contributed by atoms with Crippen LogP contribution in [0.25, 0.3) is 0 Å². The number of piperazine rings is 1. The van der Waals surface area contributed by atoms with Gasteiger partial charge < -0.3 is 4.90 Å². The highest BCUT2D eigenvalue weighted by atomic mass is 35.5. The van der Waals surface area contributed by atoms with Gasteiger partial charge in [-0.1, -0.05) is 41.9 Å². The summed E-state index contributed by atoms with van der Waals surface area (Å²) in [6.45, 7) is 8.78. The minimum atomic E-state index is -3.44. The van der Waals surface area contributed by atoms with Crippen LogP contribution in [0.15, 0.2) is 53.4 Å². The summed E-state index contributed by atoms with van der Waals surface area (Å²) in [5.41, 5.74) is 1.44. The maximum Gasteiger partial charge on any atom is 0.244 e. The van der Waals surface area contributed by atoms with Crippen molar-refractivity contribution in [2.45, 2.75) is 24.3 Å². The van der Waals surface area contributed by atoms with Crippen molar-refractivity contribution in [3.8, 4) is 0 Å². The van der Waals surface area contributed by atoms with Crippen molar-refractivity contribution in [2.24, 2.45) is 0 Å². The molecule has 0 spiro atoms. The molecule has 1 fully saturated rings. The highest BCUT2D eigenvalue weighted by molar-refractivity contribution is 7.89. The molecule has 2 aliphatic heterocycles. The van der Waals surface area contributed by atoms with Gasteiger partial charge in [0.1, 0.15) is 0 Å². The van der Waals surface area contributed by atoms with Crippen molar-refractivity contribution in [3.63, 3.8) is 0 Å². The fourth-order valence-electron chi connectivity index (χ4n) is 4.30. The quantitative estimate of drug-likeness (QED) is 0.761. The third-order valence-electron chi connectivity index (χ3n) is 5.92. The highest BCUT2D eigenvalue weighted by Gasteiger charge is 2.47. The molecular formula is C21H26ClN3O2S. The monoisotopic (exact) mass is 419 g/mol. The summed E-state index contributed by atoms with van der Waals surface area (Å²) in [5, 5.41) is 0.777. The molecule has 0 saturated carbocycles. The van der Waals surface area contributed by atoms with Gasteiger partial charge in [0.15, 0.2) is 0 Å². The Morgan fingerprint density at radius 2 is 1.57 bits per heavy atom. The van der Waals surface area contributed by atoms with Crippen LogP contribution < -0.4 is 4.90 Å². The number of rotatable bonds is 4. The van der Waals surface area contributed by atoms with Crippen LogP contribution in [-0.2, 0) is 15.6 Å². The van der Waals surface area contributed by atoms with Crippen molar-refractivity contribution in [2.75, 3.05) is 44.2 Å². The number of benzene rings is 2. The molecule has 0 N–H and O–H groups in total. The van der Waals surface area contributed by atoms with Crippen LogP contribution in [0.1, 0.15) is 19.4 Å². The van der Waals surface area contributed by atoms with Gasteiger partial charge in [-0.05, 0) is 37.6 Å². The van der Waals surface area contributed by atoms with Gasteiger partial charge in [0, 0.05) is 39.3 Å². The van der Waals surface area contributed by atoms with Crippen LogP contribution in [0, 0.1) is 0 Å². The number of para-hydroxylation sites is 1. The fourth-order valence-corrected chi connectivity index (χ4v) is 6.66. The second kappa shape index (κ2) is 7.34. The van der Waals surface area contributed by atoms with Gasteiger partial charge in [0.2, 0.25) is 10.0 Å². The maximum absolute atomic E-state index is 13.0. The molecular weight excluding hydrogens is 394 g/mol. The standard InChI is InChI=1S/C21H26ClN3O2S/c1-21(2)17-7-3-6-10-20(17)28(26,27)25(21)16-13-23-11-14-24(15-12-23)19-9-5-4-8-18(19)22/h3-10H,11-16H2,1-2H3. The zero-order valence-corrected chi connectivity index (χ0v) is 17.9. The molecule has 0 amide bonds. The van der Waals surface area contributed by atoms with Crippen LogP contribution in [0.4, 0.5) is 5.69 Å². The van der Waals surface area contributed by atoms with Gasteiger partial charge in [0.25, 0.3) is 0 Å². The van der Waals surface area contributed by atoms with Crippen LogP contribution in [0.2, 0.25) is 5.02 Å². The van der Waals surface area contributed by atoms with Crippen molar-refractivity contribution in [1.29, 1.82) is 0 Å². The molecule has 0 aliphatic carbocycles. The Morgan fingerprint density at radius 1 is 0.929 bits per heavy atom. The first kappa shape index (κ1) is 19.7. The summed E-state index contributed by atoms with van der Waals surface area (Å²) in [6.07, 6.45) is 0. The molecule has 0 atom stereocenters. The molecule has 1 saturated heterocycles. The first-order valence-corrected chi connectivity index (χ1v) is 11.5. The van der Waals surface area contributed by atoms with Crippen molar-refractivity contribution in [3.05, 3.63) is 59.1 Å². The van der Waals surface area contributed by atoms with Crippen LogP contribution in [0.3, 0.4) is 0 Å². The number of halogens is 1. The van der Waals surface area contributed by atoms with E-state index >= 15 is 0 Å². The van der Waals surface area contributed by atoms with E-state index in [0.717, 1.165) is 49.0 Å². The van der Waals surface area contributed by atoms with Gasteiger partial charge in [-0.3, -0.25) is 4.90 Å². The summed E-state index contributed by atoms with van der Waals surface area (Å²) in [4.78, 5) is 5.08. The van der Waals surface area contributed by atoms with Gasteiger partial charge >= 0.3 is 0 Å². The molecule has 150 valence electrons. The van der Waals surface area contributed by atoms with E-state index in [1.54, 1.807) is 16.4 Å². The largest absolute Gasteiger partial charge is 0.368 e. The highest BCUT2D eigenvalue weighted by Crippen LogP contribution is 2.43. The normalized spacial score (nSPS) is 21.6. The predicted molar refractivity (Wildman–Crippen MR) is 113 cm³/mol. The smallest absolute Gasteiger partial charge is 0.244 e. The van der Waals surface area contributed by atoms with Gasteiger partial charge in [0.05, 0.1) is 21.1 Å². The Kier molecular flexibility index (Phi) is 5.16. The van der Waals surface area contributed by atoms with Gasteiger partial charge in [-0.15, -0.1) is 0 Å². The molecule has 2 heterocycles. The number of sulfonamides is 1. The average Bonchev–Trinajstić information content (AvgIpc) is 2.84. The number of fused-ring (bicyclic) bond motifs is 1. The molecule has 2 aromatic carbocycles. The van der Waals surface area contributed by atoms with Crippen molar-refractivity contribution >= 4 is 27.3 Å². The molecule has 0 unspecified atom stereocenters. The topological polar surface area (TPSA) is 43.9 Å². The molecule has 2 aromatic rings. The second-order valence-electron chi connectivity index (χ2n) is 7.91. The van der Waals surface area contributed by atoms with Crippen LogP contribution in [0.5, 0.6) is 0 Å². The second-order valence-corrected chi connectivity index (χ2v) is 10.2. The first-order valence-electron chi connectivity index (χ1n) is 9.66. The molecule has 0 aromatic heterocycles. The number of hydrogen-bond acceptors (Lipinski definition) is 4. The van der Waals surface area contributed by atoms with E-state index in [-0.39, 0.29) is 0 Å². The Bertz CT molecular complexity index is 969. The Hall–Kier alpha value is -1.60. The lowest BCUT2D eigenvalue weighted by Gasteiger charge is -2.38. The summed E-state index contributed by atoms with van der Waals surface area (Å²) < 4.78 is 27.7. The van der Waals surface area contributed by atoms with Crippen LogP contribution >= 0.6 is 11.6 Å². The van der Waals surface area contributed by atoms with E-state index in [1.165, 1.54) is 0 Å². The first-order chi connectivity index (χ1) is 13.3. The van der Waals surface area contributed by atoms with Gasteiger partial charge in [-0.25, -0.2) is 8.42 Å². The lowest BCUT2D eigenvalue weighted by Crippen LogP contribution is -2.50. The predicted octanol–water partition coefficient (Wildman–Crippen LogP) is 3.40. The molecule has 4 rings (SSSR count). The lowest BCUT2D eigenvalue weighted by atomic mass is 9.94. The SMILES string of the molecule is CC1(C)c2ccccc2S(=O)(=O)N1CCN1CCN(c2ccccc2Cl)CC1. The lowest BCUT2D eigenvalue weighted by molar-refractivity contribution is 0.189. The molecule has 0 radical (unpaired) electrons. The van der Waals surface area contributed by atoms with E-state index in [1.807, 2.05) is 44.2 Å². The Morgan fingerprint density at radius 3 is 2.25 bits per heavy atom. The minimum Gasteiger partial charge on any atom is -0.368 e. The van der Waals surface area contributed by atoms with Crippen LogP contribution in [-0.4, -0.2) is 56.9 Å². The molecule has 0 bridgehead atoms. The Balaban J connectivity index is 1.40. The Labute approximate surface area is 172 Å². The molecule has 28 heavy (non-hydrogen) atoms. The van der Waals surface area contributed by atoms with Crippen molar-refractivity contribution in [1.82, 2.24) is 9.21 Å². The van der Waals surface area contributed by atoms with E-state index in [2.05, 4.69) is 15.9 Å². The number of nitrogens with zero attached hydrogens (tertiary/aromatic N) is 3. The fraction of sp³-hybridized carbons (Fsp3) is 0.429. The van der Waals surface area contributed by atoms with E-state index in [9.17, 15) is 8.42 Å². The number of anilines is 1.